The molecule has 12 heteroatoms. The lowest BCUT2D eigenvalue weighted by Crippen LogP contribution is -2.43. The van der Waals surface area contributed by atoms with Crippen molar-refractivity contribution in [3.05, 3.63) is 118 Å². The first-order valence-electron chi connectivity index (χ1n) is 16.9. The van der Waals surface area contributed by atoms with E-state index in [1.807, 2.05) is 48.5 Å². The molecule has 0 bridgehead atoms. The van der Waals surface area contributed by atoms with E-state index in [0.29, 0.717) is 42.6 Å². The fourth-order valence-electron chi connectivity index (χ4n) is 6.37. The molecule has 51 heavy (non-hydrogen) atoms. The predicted molar refractivity (Wildman–Crippen MR) is 201 cm³/mol. The maximum Gasteiger partial charge on any atom is 0.337 e. The maximum absolute atomic E-state index is 13.8. The number of hydrogen-bond acceptors (Lipinski definition) is 8. The van der Waals surface area contributed by atoms with E-state index < -0.39 is 15.9 Å². The van der Waals surface area contributed by atoms with E-state index >= 15 is 0 Å². The molecule has 1 amide bonds. The highest BCUT2D eigenvalue weighted by atomic mass is 79.9. The van der Waals surface area contributed by atoms with Gasteiger partial charge in [0.25, 0.3) is 5.91 Å². The Morgan fingerprint density at radius 1 is 0.784 bits per heavy atom. The highest BCUT2D eigenvalue weighted by Gasteiger charge is 2.35. The van der Waals surface area contributed by atoms with Crippen molar-refractivity contribution in [3.63, 3.8) is 0 Å². The van der Waals surface area contributed by atoms with Crippen molar-refractivity contribution in [1.82, 2.24) is 4.31 Å². The number of amides is 1. The third-order valence-corrected chi connectivity index (χ3v) is 11.7. The van der Waals surface area contributed by atoms with Crippen LogP contribution in [0.2, 0.25) is 0 Å². The van der Waals surface area contributed by atoms with Crippen molar-refractivity contribution in [3.8, 4) is 0 Å². The van der Waals surface area contributed by atoms with Crippen molar-refractivity contribution in [2.24, 2.45) is 5.92 Å². The van der Waals surface area contributed by atoms with E-state index in [9.17, 15) is 22.8 Å². The summed E-state index contributed by atoms with van der Waals surface area (Å²) in [7, 11) is -1.17. The van der Waals surface area contributed by atoms with E-state index in [2.05, 4.69) is 26.6 Å². The Hall–Kier alpha value is -4.52. The summed E-state index contributed by atoms with van der Waals surface area (Å²) in [6, 6.07) is 26.7. The second kappa shape index (κ2) is 17.1. The molecule has 4 aromatic carbocycles. The number of halogens is 1. The van der Waals surface area contributed by atoms with Gasteiger partial charge in [-0.15, -0.1) is 0 Å². The van der Waals surface area contributed by atoms with Crippen LogP contribution < -0.4 is 10.6 Å². The molecule has 1 saturated carbocycles. The number of nitrogens with one attached hydrogen (secondary N) is 2. The average molecular weight is 777 g/mol. The van der Waals surface area contributed by atoms with Crippen LogP contribution in [-0.4, -0.2) is 57.4 Å². The molecule has 5 rings (SSSR count). The summed E-state index contributed by atoms with van der Waals surface area (Å²) in [6.07, 6.45) is 3.88. The molecule has 0 aliphatic heterocycles. The van der Waals surface area contributed by atoms with Gasteiger partial charge in [0.1, 0.15) is 0 Å². The summed E-state index contributed by atoms with van der Waals surface area (Å²) in [4.78, 5) is 37.3. The number of esters is 2. The van der Waals surface area contributed by atoms with Gasteiger partial charge < -0.3 is 20.1 Å². The summed E-state index contributed by atoms with van der Waals surface area (Å²) in [5.74, 6) is -1.28. The number of ether oxygens (including phenoxy) is 2. The van der Waals surface area contributed by atoms with Crippen LogP contribution in [0.15, 0.2) is 100 Å². The van der Waals surface area contributed by atoms with Crippen molar-refractivity contribution < 1.29 is 32.3 Å². The number of rotatable bonds is 13. The largest absolute Gasteiger partial charge is 0.469 e. The van der Waals surface area contributed by atoms with Crippen LogP contribution in [0.25, 0.3) is 0 Å². The van der Waals surface area contributed by atoms with Crippen LogP contribution in [0.1, 0.15) is 64.4 Å². The summed E-state index contributed by atoms with van der Waals surface area (Å²) >= 11 is 3.49. The van der Waals surface area contributed by atoms with Crippen molar-refractivity contribution in [2.75, 3.05) is 31.4 Å². The highest BCUT2D eigenvalue weighted by Crippen LogP contribution is 2.33. The minimum Gasteiger partial charge on any atom is -0.469 e. The fourth-order valence-corrected chi connectivity index (χ4v) is 8.47. The molecule has 10 nitrogen and oxygen atoms in total. The zero-order valence-corrected chi connectivity index (χ0v) is 31.3. The van der Waals surface area contributed by atoms with Gasteiger partial charge in [-0.05, 0) is 110 Å². The van der Waals surface area contributed by atoms with Gasteiger partial charge in [-0.25, -0.2) is 13.2 Å². The number of carbonyl (C=O) groups excluding carboxylic acids is 3. The topological polar surface area (TPSA) is 131 Å². The second-order valence-electron chi connectivity index (χ2n) is 12.4. The number of methoxy groups -OCH3 is 2. The molecule has 0 atom stereocenters. The number of nitrogens with zero attached hydrogens (tertiary/aromatic N) is 1. The minimum atomic E-state index is -3.91. The number of benzene rings is 4. The van der Waals surface area contributed by atoms with E-state index in [1.54, 1.807) is 37.3 Å². The zero-order valence-electron chi connectivity index (χ0n) is 28.9. The first-order chi connectivity index (χ1) is 24.5. The van der Waals surface area contributed by atoms with Gasteiger partial charge >= 0.3 is 11.9 Å². The lowest BCUT2D eigenvalue weighted by Gasteiger charge is -2.34. The van der Waals surface area contributed by atoms with Crippen molar-refractivity contribution >= 4 is 60.9 Å². The number of anilines is 3. The predicted octanol–water partition coefficient (Wildman–Crippen LogP) is 7.76. The normalized spacial score (nSPS) is 15.9. The van der Waals surface area contributed by atoms with E-state index in [0.717, 1.165) is 34.1 Å². The molecule has 0 spiro atoms. The monoisotopic (exact) mass is 775 g/mol. The van der Waals surface area contributed by atoms with Crippen molar-refractivity contribution in [2.45, 2.75) is 56.4 Å². The second-order valence-corrected chi connectivity index (χ2v) is 15.2. The Kier molecular flexibility index (Phi) is 12.7. The van der Waals surface area contributed by atoms with Crippen LogP contribution in [0.4, 0.5) is 17.1 Å². The van der Waals surface area contributed by atoms with Crippen LogP contribution in [0, 0.1) is 5.92 Å². The van der Waals surface area contributed by atoms with Gasteiger partial charge in [-0.3, -0.25) is 9.59 Å². The van der Waals surface area contributed by atoms with E-state index in [-0.39, 0.29) is 40.9 Å². The molecule has 4 aromatic rings. The van der Waals surface area contributed by atoms with Gasteiger partial charge in [0.2, 0.25) is 10.0 Å². The SMILES string of the molecule is CCN(C1CCC(C(=O)OC)CC1)S(=O)(=O)c1cccc(C(=O)Nc2cc(Br)ccc2Nc2ccc(CCc3ccc(C(=O)OC)cc3)cc2)c1. The maximum atomic E-state index is 13.8. The smallest absolute Gasteiger partial charge is 0.337 e. The summed E-state index contributed by atoms with van der Waals surface area (Å²) in [6.45, 7) is 2.07. The van der Waals surface area contributed by atoms with E-state index in [1.165, 1.54) is 30.7 Å². The Morgan fingerprint density at radius 3 is 2.04 bits per heavy atom. The van der Waals surface area contributed by atoms with Crippen LogP contribution in [0.3, 0.4) is 0 Å². The Bertz CT molecular complexity index is 1960. The quantitative estimate of drug-likeness (QED) is 0.132. The first kappa shape index (κ1) is 37.7. The third-order valence-electron chi connectivity index (χ3n) is 9.19. The molecule has 1 aliphatic carbocycles. The molecular weight excluding hydrogens is 734 g/mol. The fraction of sp³-hybridized carbons (Fsp3) is 0.308. The van der Waals surface area contributed by atoms with Gasteiger partial charge in [-0.1, -0.05) is 53.2 Å². The number of sulfonamides is 1. The Morgan fingerprint density at radius 2 is 1.43 bits per heavy atom. The molecule has 1 aliphatic rings. The lowest BCUT2D eigenvalue weighted by atomic mass is 9.86. The Labute approximate surface area is 307 Å². The van der Waals surface area contributed by atoms with Crippen LogP contribution in [-0.2, 0) is 37.1 Å². The van der Waals surface area contributed by atoms with Crippen LogP contribution >= 0.6 is 15.9 Å². The molecule has 0 saturated heterocycles. The third kappa shape index (κ3) is 9.43. The summed E-state index contributed by atoms with van der Waals surface area (Å²) < 4.78 is 39.5. The summed E-state index contributed by atoms with van der Waals surface area (Å²) in [5.41, 5.74) is 4.99. The minimum absolute atomic E-state index is 0.0398. The molecule has 2 N–H and O–H groups in total. The number of carbonyl (C=O) groups is 3. The first-order valence-corrected chi connectivity index (χ1v) is 19.1. The molecular formula is C39H42BrN3O7S. The van der Waals surface area contributed by atoms with Crippen LogP contribution in [0.5, 0.6) is 0 Å². The molecule has 1 fully saturated rings. The average Bonchev–Trinajstić information content (AvgIpc) is 3.15. The highest BCUT2D eigenvalue weighted by molar-refractivity contribution is 9.10. The number of hydrogen-bond donors (Lipinski definition) is 2. The van der Waals surface area contributed by atoms with Gasteiger partial charge in [0.05, 0.1) is 42.0 Å². The molecule has 268 valence electrons. The van der Waals surface area contributed by atoms with Gasteiger partial charge in [0.15, 0.2) is 0 Å². The molecule has 0 heterocycles. The molecule has 0 unspecified atom stereocenters. The number of aryl methyl sites for hydroxylation is 2. The Balaban J connectivity index is 1.24. The van der Waals surface area contributed by atoms with E-state index in [4.69, 9.17) is 9.47 Å². The summed E-state index contributed by atoms with van der Waals surface area (Å²) in [5, 5.41) is 6.32. The molecule has 0 aromatic heterocycles. The molecule has 0 radical (unpaired) electrons. The van der Waals surface area contributed by atoms with Gasteiger partial charge in [0, 0.05) is 28.3 Å². The van der Waals surface area contributed by atoms with Gasteiger partial charge in [-0.2, -0.15) is 4.31 Å². The standard InChI is InChI=1S/C39H42BrN3O7S/c1-4-43(33-21-16-29(17-22-33)39(46)50-3)51(47,48)34-7-5-6-30(24-34)37(44)42-36-25-31(40)18-23-35(36)41-32-19-12-27(13-20-32)9-8-26-10-14-28(15-11-26)38(45)49-2/h5-7,10-15,18-20,23-25,29,33,41H,4,8-9,16-17,21-22H2,1-3H3,(H,42,44). The lowest BCUT2D eigenvalue weighted by molar-refractivity contribution is -0.146. The zero-order chi connectivity index (χ0) is 36.5. The van der Waals surface area contributed by atoms with Crippen molar-refractivity contribution in [1.29, 1.82) is 0 Å².